The smallest absolute Gasteiger partial charge is 0.259 e. The maximum Gasteiger partial charge on any atom is 0.259 e. The molecule has 0 spiro atoms. The standard InChI is InChI=1S/C7H13N3O3S/c1-10-5-7(8-6-10)14(12,13)9-3-2-4-11/h5-6,9,11H,2-4H2,1H3. The average molecular weight is 219 g/mol. The topological polar surface area (TPSA) is 84.2 Å². The van der Waals surface area contributed by atoms with Crippen molar-refractivity contribution in [2.75, 3.05) is 13.2 Å². The first kappa shape index (κ1) is 11.2. The van der Waals surface area contributed by atoms with Crippen LogP contribution in [-0.4, -0.2) is 36.2 Å². The van der Waals surface area contributed by atoms with Crippen LogP contribution in [0.15, 0.2) is 17.6 Å². The lowest BCUT2D eigenvalue weighted by molar-refractivity contribution is 0.289. The molecule has 6 nitrogen and oxygen atoms in total. The Hall–Kier alpha value is -0.920. The first-order chi connectivity index (χ1) is 6.56. The molecule has 0 fully saturated rings. The molecule has 7 heteroatoms. The number of imidazole rings is 1. The van der Waals surface area contributed by atoms with Crippen LogP contribution >= 0.6 is 0 Å². The summed E-state index contributed by atoms with van der Waals surface area (Å²) < 4.78 is 26.8. The Morgan fingerprint density at radius 3 is 2.86 bits per heavy atom. The first-order valence-corrected chi connectivity index (χ1v) is 5.63. The van der Waals surface area contributed by atoms with Gasteiger partial charge in [0, 0.05) is 26.4 Å². The minimum Gasteiger partial charge on any atom is -0.396 e. The van der Waals surface area contributed by atoms with E-state index in [9.17, 15) is 8.42 Å². The van der Waals surface area contributed by atoms with E-state index >= 15 is 0 Å². The van der Waals surface area contributed by atoms with E-state index in [0.29, 0.717) is 6.42 Å². The van der Waals surface area contributed by atoms with Gasteiger partial charge in [-0.2, -0.15) is 0 Å². The molecule has 80 valence electrons. The lowest BCUT2D eigenvalue weighted by Crippen LogP contribution is -2.25. The average Bonchev–Trinajstić information content (AvgIpc) is 2.53. The molecule has 0 unspecified atom stereocenters. The fourth-order valence-corrected chi connectivity index (χ4v) is 1.94. The van der Waals surface area contributed by atoms with Gasteiger partial charge in [-0.1, -0.05) is 0 Å². The Balaban J connectivity index is 2.66. The lowest BCUT2D eigenvalue weighted by Gasteiger charge is -2.01. The second-order valence-corrected chi connectivity index (χ2v) is 4.57. The third-order valence-corrected chi connectivity index (χ3v) is 2.93. The summed E-state index contributed by atoms with van der Waals surface area (Å²) in [7, 11) is -1.81. The van der Waals surface area contributed by atoms with E-state index in [4.69, 9.17) is 5.11 Å². The van der Waals surface area contributed by atoms with Crippen molar-refractivity contribution >= 4 is 10.0 Å². The van der Waals surface area contributed by atoms with Crippen molar-refractivity contribution in [3.63, 3.8) is 0 Å². The van der Waals surface area contributed by atoms with Crippen molar-refractivity contribution in [1.29, 1.82) is 0 Å². The summed E-state index contributed by atoms with van der Waals surface area (Å²) in [6, 6.07) is 0. The van der Waals surface area contributed by atoms with Crippen molar-refractivity contribution in [2.24, 2.45) is 7.05 Å². The van der Waals surface area contributed by atoms with Crippen LogP contribution in [0.25, 0.3) is 0 Å². The van der Waals surface area contributed by atoms with Gasteiger partial charge in [0.25, 0.3) is 10.0 Å². The van der Waals surface area contributed by atoms with Gasteiger partial charge in [-0.15, -0.1) is 0 Å². The number of nitrogens with one attached hydrogen (secondary N) is 1. The van der Waals surface area contributed by atoms with Gasteiger partial charge in [0.1, 0.15) is 0 Å². The number of hydrogen-bond donors (Lipinski definition) is 2. The van der Waals surface area contributed by atoms with E-state index in [0.717, 1.165) is 0 Å². The molecule has 1 heterocycles. The number of aromatic nitrogens is 2. The van der Waals surface area contributed by atoms with E-state index in [1.807, 2.05) is 0 Å². The summed E-state index contributed by atoms with van der Waals surface area (Å²) in [5, 5.41) is 8.48. The molecule has 0 saturated heterocycles. The molecule has 1 aromatic rings. The first-order valence-electron chi connectivity index (χ1n) is 4.15. The highest BCUT2D eigenvalue weighted by molar-refractivity contribution is 7.89. The number of nitrogens with zero attached hydrogens (tertiary/aromatic N) is 2. The van der Waals surface area contributed by atoms with Crippen molar-refractivity contribution in [1.82, 2.24) is 14.3 Å². The second kappa shape index (κ2) is 4.54. The molecule has 0 aliphatic carbocycles. The minimum absolute atomic E-state index is 0.00191. The summed E-state index contributed by atoms with van der Waals surface area (Å²) >= 11 is 0. The van der Waals surface area contributed by atoms with Gasteiger partial charge in [0.05, 0.1) is 6.33 Å². The van der Waals surface area contributed by atoms with E-state index < -0.39 is 10.0 Å². The highest BCUT2D eigenvalue weighted by Crippen LogP contribution is 2.03. The van der Waals surface area contributed by atoms with Gasteiger partial charge in [-0.05, 0) is 6.42 Å². The van der Waals surface area contributed by atoms with E-state index in [1.54, 1.807) is 11.6 Å². The number of aliphatic hydroxyl groups excluding tert-OH is 1. The summed E-state index contributed by atoms with van der Waals surface area (Å²) in [6.45, 7) is 0.181. The minimum atomic E-state index is -3.50. The van der Waals surface area contributed by atoms with E-state index in [2.05, 4.69) is 9.71 Å². The molecule has 0 bridgehead atoms. The van der Waals surface area contributed by atoms with Gasteiger partial charge < -0.3 is 9.67 Å². The van der Waals surface area contributed by atoms with Gasteiger partial charge in [0.2, 0.25) is 0 Å². The van der Waals surface area contributed by atoms with Crippen LogP contribution < -0.4 is 4.72 Å². The van der Waals surface area contributed by atoms with Crippen LogP contribution in [0.2, 0.25) is 0 Å². The van der Waals surface area contributed by atoms with Gasteiger partial charge in [0.15, 0.2) is 5.03 Å². The summed E-state index contributed by atoms with van der Waals surface area (Å²) in [5.74, 6) is 0. The summed E-state index contributed by atoms with van der Waals surface area (Å²) in [6.07, 6.45) is 3.23. The number of aryl methyl sites for hydroxylation is 1. The highest BCUT2D eigenvalue weighted by atomic mass is 32.2. The largest absolute Gasteiger partial charge is 0.396 e. The third-order valence-electron chi connectivity index (χ3n) is 1.58. The molecule has 2 N–H and O–H groups in total. The molecular weight excluding hydrogens is 206 g/mol. The van der Waals surface area contributed by atoms with Crippen LogP contribution in [0, 0.1) is 0 Å². The molecule has 0 aliphatic heterocycles. The monoisotopic (exact) mass is 219 g/mol. The number of sulfonamides is 1. The lowest BCUT2D eigenvalue weighted by atomic mass is 10.5. The van der Waals surface area contributed by atoms with Gasteiger partial charge >= 0.3 is 0 Å². The van der Waals surface area contributed by atoms with Crippen molar-refractivity contribution in [3.8, 4) is 0 Å². The number of rotatable bonds is 5. The van der Waals surface area contributed by atoms with E-state index in [1.165, 1.54) is 12.5 Å². The Labute approximate surface area is 82.6 Å². The zero-order valence-electron chi connectivity index (χ0n) is 7.84. The van der Waals surface area contributed by atoms with Crippen molar-refractivity contribution in [3.05, 3.63) is 12.5 Å². The van der Waals surface area contributed by atoms with Crippen LogP contribution in [-0.2, 0) is 17.1 Å². The molecule has 0 atom stereocenters. The van der Waals surface area contributed by atoms with Crippen molar-refractivity contribution in [2.45, 2.75) is 11.4 Å². The quantitative estimate of drug-likeness (QED) is 0.627. The van der Waals surface area contributed by atoms with Gasteiger partial charge in [-0.25, -0.2) is 18.1 Å². The second-order valence-electron chi connectivity index (χ2n) is 2.85. The molecule has 0 saturated carbocycles. The molecule has 1 rings (SSSR count). The van der Waals surface area contributed by atoms with Crippen LogP contribution in [0.5, 0.6) is 0 Å². The normalized spacial score (nSPS) is 11.9. The molecule has 14 heavy (non-hydrogen) atoms. The number of hydrogen-bond acceptors (Lipinski definition) is 4. The molecular formula is C7H13N3O3S. The molecule has 0 aromatic carbocycles. The predicted octanol–water partition coefficient (Wildman–Crippen LogP) is -0.919. The maximum absolute atomic E-state index is 11.5. The maximum atomic E-state index is 11.5. The summed E-state index contributed by atoms with van der Waals surface area (Å²) in [5.41, 5.74) is 0. The van der Waals surface area contributed by atoms with Crippen molar-refractivity contribution < 1.29 is 13.5 Å². The van der Waals surface area contributed by atoms with Gasteiger partial charge in [-0.3, -0.25) is 0 Å². The third kappa shape index (κ3) is 2.79. The Bertz CT molecular complexity index is 385. The highest BCUT2D eigenvalue weighted by Gasteiger charge is 2.15. The SMILES string of the molecule is Cn1cnc(S(=O)(=O)NCCCO)c1. The van der Waals surface area contributed by atoms with E-state index in [-0.39, 0.29) is 18.2 Å². The Morgan fingerprint density at radius 2 is 2.36 bits per heavy atom. The number of aliphatic hydroxyl groups is 1. The fraction of sp³-hybridized carbons (Fsp3) is 0.571. The Kier molecular flexibility index (Phi) is 3.62. The summed E-state index contributed by atoms with van der Waals surface area (Å²) in [4.78, 5) is 3.72. The fourth-order valence-electron chi connectivity index (χ4n) is 0.887. The molecule has 0 amide bonds. The zero-order chi connectivity index (χ0) is 10.6. The predicted molar refractivity (Wildman–Crippen MR) is 50.1 cm³/mol. The molecule has 0 radical (unpaired) electrons. The molecule has 1 aromatic heterocycles. The van der Waals surface area contributed by atoms with Crippen LogP contribution in [0.1, 0.15) is 6.42 Å². The van der Waals surface area contributed by atoms with Crippen LogP contribution in [0.4, 0.5) is 0 Å². The van der Waals surface area contributed by atoms with Crippen LogP contribution in [0.3, 0.4) is 0 Å². The molecule has 0 aliphatic rings. The zero-order valence-corrected chi connectivity index (χ0v) is 8.66. The Morgan fingerprint density at radius 1 is 1.64 bits per heavy atom.